The predicted molar refractivity (Wildman–Crippen MR) is 55.5 cm³/mol. The van der Waals surface area contributed by atoms with E-state index < -0.39 is 17.2 Å². The molecule has 0 saturated heterocycles. The Morgan fingerprint density at radius 1 is 1.47 bits per heavy atom. The first kappa shape index (κ1) is 13.5. The number of nitriles is 1. The quantitative estimate of drug-likeness (QED) is 0.787. The maximum Gasteiger partial charge on any atom is 0.433 e. The van der Waals surface area contributed by atoms with Crippen LogP contribution in [0.4, 0.5) is 19.0 Å². The van der Waals surface area contributed by atoms with E-state index in [-0.39, 0.29) is 18.8 Å². The predicted octanol–water partition coefficient (Wildman–Crippen LogP) is 2.50. The molecule has 0 aliphatic carbocycles. The van der Waals surface area contributed by atoms with Crippen LogP contribution in [0.5, 0.6) is 0 Å². The van der Waals surface area contributed by atoms with Crippen molar-refractivity contribution in [2.75, 3.05) is 18.5 Å². The molecule has 0 bridgehead atoms. The van der Waals surface area contributed by atoms with Crippen LogP contribution in [-0.2, 0) is 6.18 Å². The molecule has 0 fully saturated rings. The van der Waals surface area contributed by atoms with E-state index in [2.05, 4.69) is 9.97 Å². The highest BCUT2D eigenvalue weighted by Gasteiger charge is 2.33. The highest BCUT2D eigenvalue weighted by molar-refractivity contribution is 6.28. The Morgan fingerprint density at radius 2 is 2.12 bits per heavy atom. The van der Waals surface area contributed by atoms with Crippen molar-refractivity contribution in [3.8, 4) is 6.07 Å². The van der Waals surface area contributed by atoms with Crippen molar-refractivity contribution in [1.82, 2.24) is 9.97 Å². The number of rotatable bonds is 3. The van der Waals surface area contributed by atoms with Crippen molar-refractivity contribution in [2.24, 2.45) is 0 Å². The molecule has 1 rings (SSSR count). The van der Waals surface area contributed by atoms with E-state index in [1.165, 1.54) is 11.9 Å². The Morgan fingerprint density at radius 3 is 2.65 bits per heavy atom. The Labute approximate surface area is 101 Å². The Hall–Kier alpha value is -1.55. The number of anilines is 1. The number of aromatic nitrogens is 2. The maximum absolute atomic E-state index is 12.4. The van der Waals surface area contributed by atoms with Gasteiger partial charge in [-0.25, -0.2) is 9.97 Å². The van der Waals surface area contributed by atoms with Gasteiger partial charge in [0.15, 0.2) is 5.69 Å². The van der Waals surface area contributed by atoms with Crippen LogP contribution >= 0.6 is 11.6 Å². The zero-order valence-corrected chi connectivity index (χ0v) is 9.55. The van der Waals surface area contributed by atoms with Crippen molar-refractivity contribution >= 4 is 17.4 Å². The second kappa shape index (κ2) is 5.19. The summed E-state index contributed by atoms with van der Waals surface area (Å²) in [5, 5.41) is 7.91. The summed E-state index contributed by atoms with van der Waals surface area (Å²) in [6.07, 6.45) is -4.39. The zero-order chi connectivity index (χ0) is 13.1. The standard InChI is InChI=1S/C9H8ClF3N4/c1-17(4-2-3-14)7-5-6(9(11,12)13)15-8(10)16-7/h5H,2,4H2,1H3. The molecule has 0 N–H and O–H groups in total. The average molecular weight is 265 g/mol. The lowest BCUT2D eigenvalue weighted by Crippen LogP contribution is -2.21. The van der Waals surface area contributed by atoms with Crippen LogP contribution in [0.3, 0.4) is 0 Å². The SMILES string of the molecule is CN(CCC#N)c1cc(C(F)(F)F)nc(Cl)n1. The van der Waals surface area contributed by atoms with Gasteiger partial charge >= 0.3 is 6.18 Å². The molecule has 1 aromatic rings. The van der Waals surface area contributed by atoms with E-state index >= 15 is 0 Å². The van der Waals surface area contributed by atoms with Crippen LogP contribution in [0, 0.1) is 11.3 Å². The minimum absolute atomic E-state index is 0.0348. The largest absolute Gasteiger partial charge is 0.433 e. The van der Waals surface area contributed by atoms with Gasteiger partial charge in [-0.2, -0.15) is 18.4 Å². The number of halogens is 4. The van der Waals surface area contributed by atoms with Crippen molar-refractivity contribution in [3.63, 3.8) is 0 Å². The topological polar surface area (TPSA) is 52.8 Å². The van der Waals surface area contributed by atoms with Crippen molar-refractivity contribution in [2.45, 2.75) is 12.6 Å². The van der Waals surface area contributed by atoms with Crippen molar-refractivity contribution < 1.29 is 13.2 Å². The first-order chi connectivity index (χ1) is 7.84. The first-order valence-corrected chi connectivity index (χ1v) is 4.92. The molecule has 4 nitrogen and oxygen atoms in total. The van der Waals surface area contributed by atoms with Gasteiger partial charge in [0.05, 0.1) is 12.5 Å². The molecular formula is C9H8ClF3N4. The molecule has 17 heavy (non-hydrogen) atoms. The number of hydrogen-bond donors (Lipinski definition) is 0. The van der Waals surface area contributed by atoms with E-state index in [9.17, 15) is 13.2 Å². The summed E-state index contributed by atoms with van der Waals surface area (Å²) in [6.45, 7) is 0.265. The molecule has 0 atom stereocenters. The second-order valence-electron chi connectivity index (χ2n) is 3.21. The fourth-order valence-electron chi connectivity index (χ4n) is 1.08. The van der Waals surface area contributed by atoms with Gasteiger partial charge in [-0.3, -0.25) is 0 Å². The summed E-state index contributed by atoms with van der Waals surface area (Å²) < 4.78 is 37.3. The van der Waals surface area contributed by atoms with E-state index in [1.807, 2.05) is 6.07 Å². The van der Waals surface area contributed by atoms with Gasteiger partial charge in [-0.05, 0) is 11.6 Å². The normalized spacial score (nSPS) is 11.1. The lowest BCUT2D eigenvalue weighted by atomic mass is 10.3. The Balaban J connectivity index is 3.02. The third kappa shape index (κ3) is 3.75. The summed E-state index contributed by atoms with van der Waals surface area (Å²) in [6, 6.07) is 2.68. The molecule has 0 aliphatic heterocycles. The molecule has 0 radical (unpaired) electrons. The van der Waals surface area contributed by atoms with Crippen molar-refractivity contribution in [3.05, 3.63) is 17.0 Å². The number of hydrogen-bond acceptors (Lipinski definition) is 4. The average Bonchev–Trinajstić information content (AvgIpc) is 2.23. The lowest BCUT2D eigenvalue weighted by Gasteiger charge is -2.17. The zero-order valence-electron chi connectivity index (χ0n) is 8.79. The van der Waals surface area contributed by atoms with E-state index in [4.69, 9.17) is 16.9 Å². The monoisotopic (exact) mass is 264 g/mol. The highest BCUT2D eigenvalue weighted by Crippen LogP contribution is 2.30. The molecule has 1 heterocycles. The first-order valence-electron chi connectivity index (χ1n) is 4.54. The molecule has 8 heteroatoms. The van der Waals surface area contributed by atoms with Gasteiger partial charge in [-0.15, -0.1) is 0 Å². The van der Waals surface area contributed by atoms with Gasteiger partial charge in [0.25, 0.3) is 0 Å². The Kier molecular flexibility index (Phi) is 4.12. The van der Waals surface area contributed by atoms with Gasteiger partial charge in [0, 0.05) is 19.7 Å². The second-order valence-corrected chi connectivity index (χ2v) is 3.55. The van der Waals surface area contributed by atoms with Gasteiger partial charge in [0.2, 0.25) is 5.28 Å². The smallest absolute Gasteiger partial charge is 0.358 e. The van der Waals surface area contributed by atoms with Crippen LogP contribution < -0.4 is 4.90 Å². The number of nitrogens with zero attached hydrogens (tertiary/aromatic N) is 4. The maximum atomic E-state index is 12.4. The minimum Gasteiger partial charge on any atom is -0.358 e. The van der Waals surface area contributed by atoms with Crippen LogP contribution in [0.2, 0.25) is 5.28 Å². The van der Waals surface area contributed by atoms with E-state index in [0.717, 1.165) is 6.07 Å². The summed E-state index contributed by atoms with van der Waals surface area (Å²) in [7, 11) is 1.52. The summed E-state index contributed by atoms with van der Waals surface area (Å²) >= 11 is 5.42. The fraction of sp³-hybridized carbons (Fsp3) is 0.444. The van der Waals surface area contributed by atoms with Crippen LogP contribution in [0.25, 0.3) is 0 Å². The minimum atomic E-state index is -4.57. The van der Waals surface area contributed by atoms with Gasteiger partial charge in [0.1, 0.15) is 5.82 Å². The molecular weight excluding hydrogens is 257 g/mol. The molecule has 0 aromatic carbocycles. The summed E-state index contributed by atoms with van der Waals surface area (Å²) in [5.41, 5.74) is -1.10. The molecule has 0 aliphatic rings. The van der Waals surface area contributed by atoms with Crippen LogP contribution in [0.1, 0.15) is 12.1 Å². The third-order valence-corrected chi connectivity index (χ3v) is 2.09. The van der Waals surface area contributed by atoms with Gasteiger partial charge < -0.3 is 4.90 Å². The molecule has 92 valence electrons. The third-order valence-electron chi connectivity index (χ3n) is 1.93. The molecule has 0 unspecified atom stereocenters. The lowest BCUT2D eigenvalue weighted by molar-refractivity contribution is -0.141. The van der Waals surface area contributed by atoms with Crippen LogP contribution in [-0.4, -0.2) is 23.6 Å². The van der Waals surface area contributed by atoms with E-state index in [0.29, 0.717) is 0 Å². The fourth-order valence-corrected chi connectivity index (χ4v) is 1.26. The highest BCUT2D eigenvalue weighted by atomic mass is 35.5. The van der Waals surface area contributed by atoms with E-state index in [1.54, 1.807) is 0 Å². The molecule has 0 amide bonds. The molecule has 1 aromatic heterocycles. The van der Waals surface area contributed by atoms with Gasteiger partial charge in [-0.1, -0.05) is 0 Å². The number of alkyl halides is 3. The summed E-state index contributed by atoms with van der Waals surface area (Å²) in [4.78, 5) is 8.19. The Bertz CT molecular complexity index is 441. The molecule has 0 saturated carbocycles. The van der Waals surface area contributed by atoms with Crippen LogP contribution in [0.15, 0.2) is 6.07 Å². The molecule has 0 spiro atoms. The van der Waals surface area contributed by atoms with Crippen molar-refractivity contribution in [1.29, 1.82) is 5.26 Å². The summed E-state index contributed by atoms with van der Waals surface area (Å²) in [5.74, 6) is 0.0348.